The highest BCUT2D eigenvalue weighted by atomic mass is 19.3. The second-order valence-electron chi connectivity index (χ2n) is 7.45. The highest BCUT2D eigenvalue weighted by Crippen LogP contribution is 2.45. The Morgan fingerprint density at radius 3 is 2.93 bits per heavy atom. The van der Waals surface area contributed by atoms with E-state index in [1.165, 1.54) is 0 Å². The molecule has 27 heavy (non-hydrogen) atoms. The van der Waals surface area contributed by atoms with Gasteiger partial charge in [-0.3, -0.25) is 4.68 Å². The molecule has 2 aliphatic rings. The smallest absolute Gasteiger partial charge is 0.317 e. The molecule has 1 saturated heterocycles. The maximum Gasteiger partial charge on any atom is 0.317 e. The van der Waals surface area contributed by atoms with Crippen LogP contribution in [-0.4, -0.2) is 59.0 Å². The molecule has 8 heteroatoms. The average molecular weight is 378 g/mol. The van der Waals surface area contributed by atoms with Crippen LogP contribution in [0, 0.1) is 5.92 Å². The van der Waals surface area contributed by atoms with Gasteiger partial charge in [0.1, 0.15) is 0 Å². The summed E-state index contributed by atoms with van der Waals surface area (Å²) in [5, 5.41) is 8.54. The number of aromatic nitrogens is 2. The van der Waals surface area contributed by atoms with Crippen LogP contribution < -0.4 is 5.32 Å². The second-order valence-corrected chi connectivity index (χ2v) is 7.45. The van der Waals surface area contributed by atoms with Crippen molar-refractivity contribution in [1.29, 1.82) is 0 Å². The molecule has 1 aliphatic carbocycles. The van der Waals surface area contributed by atoms with E-state index in [1.807, 2.05) is 36.0 Å². The fourth-order valence-electron chi connectivity index (χ4n) is 3.99. The minimum atomic E-state index is -2.57. The van der Waals surface area contributed by atoms with E-state index in [9.17, 15) is 13.6 Å². The lowest BCUT2D eigenvalue weighted by Crippen LogP contribution is -2.55. The molecule has 4 rings (SSSR count). The van der Waals surface area contributed by atoms with Gasteiger partial charge in [0.05, 0.1) is 23.9 Å². The molecule has 0 bridgehead atoms. The van der Waals surface area contributed by atoms with Crippen LogP contribution in [-0.2, 0) is 18.2 Å². The lowest BCUT2D eigenvalue weighted by Gasteiger charge is -2.43. The zero-order chi connectivity index (χ0) is 19.0. The molecule has 1 atom stereocenters. The highest BCUT2D eigenvalue weighted by molar-refractivity contribution is 5.82. The Hall–Kier alpha value is -2.22. The molecular weight excluding hydrogens is 354 g/mol. The van der Waals surface area contributed by atoms with Crippen LogP contribution in [0.15, 0.2) is 24.3 Å². The summed E-state index contributed by atoms with van der Waals surface area (Å²) in [5.41, 5.74) is 2.01. The van der Waals surface area contributed by atoms with Crippen LogP contribution in [0.3, 0.4) is 0 Å². The Balaban J connectivity index is 1.29. The van der Waals surface area contributed by atoms with E-state index in [2.05, 4.69) is 10.4 Å². The first-order valence-corrected chi connectivity index (χ1v) is 9.36. The van der Waals surface area contributed by atoms with Gasteiger partial charge in [-0.2, -0.15) is 5.10 Å². The summed E-state index contributed by atoms with van der Waals surface area (Å²) in [4.78, 5) is 14.1. The quantitative estimate of drug-likeness (QED) is 0.890. The molecule has 2 heterocycles. The van der Waals surface area contributed by atoms with Crippen molar-refractivity contribution in [3.63, 3.8) is 0 Å². The van der Waals surface area contributed by atoms with Crippen LogP contribution in [0.2, 0.25) is 0 Å². The van der Waals surface area contributed by atoms with Crippen LogP contribution >= 0.6 is 0 Å². The molecule has 2 amide bonds. The Bertz CT molecular complexity index is 830. The van der Waals surface area contributed by atoms with Crippen LogP contribution in [0.1, 0.15) is 18.5 Å². The molecule has 2 fully saturated rings. The molecule has 146 valence electrons. The molecule has 0 spiro atoms. The van der Waals surface area contributed by atoms with Crippen molar-refractivity contribution in [1.82, 2.24) is 20.0 Å². The number of benzene rings is 1. The molecule has 1 N–H and O–H groups in total. The number of fused-ring (bicyclic) bond motifs is 1. The summed E-state index contributed by atoms with van der Waals surface area (Å²) in [7, 11) is 1.91. The summed E-state index contributed by atoms with van der Waals surface area (Å²) in [6.07, 6.45) is 0.0685. The number of carbonyl (C=O) groups excluding carboxylic acids is 1. The fourth-order valence-corrected chi connectivity index (χ4v) is 3.99. The topological polar surface area (TPSA) is 59.4 Å². The minimum Gasteiger partial charge on any atom is -0.374 e. The van der Waals surface area contributed by atoms with Gasteiger partial charge < -0.3 is 15.0 Å². The molecule has 0 radical (unpaired) electrons. The second kappa shape index (κ2) is 7.07. The standard InChI is InChI=1S/C19H24F2N4O2/c1-24-16-5-3-2-4-14(16)15(23-24)6-7-22-18(26)25-8-9-27-17(12-25)13-10-19(20,21)11-13/h2-5,13,17H,6-12H2,1H3,(H,22,26). The largest absolute Gasteiger partial charge is 0.374 e. The highest BCUT2D eigenvalue weighted by Gasteiger charge is 2.49. The average Bonchev–Trinajstić information content (AvgIpc) is 2.96. The molecule has 1 aromatic heterocycles. The molecule has 1 unspecified atom stereocenters. The van der Waals surface area contributed by atoms with Gasteiger partial charge >= 0.3 is 6.03 Å². The van der Waals surface area contributed by atoms with Crippen molar-refractivity contribution >= 4 is 16.9 Å². The van der Waals surface area contributed by atoms with E-state index < -0.39 is 5.92 Å². The third kappa shape index (κ3) is 3.76. The predicted molar refractivity (Wildman–Crippen MR) is 96.8 cm³/mol. The first-order valence-electron chi connectivity index (χ1n) is 9.36. The molecule has 2 aromatic rings. The van der Waals surface area contributed by atoms with Crippen LogP contribution in [0.25, 0.3) is 10.9 Å². The van der Waals surface area contributed by atoms with Gasteiger partial charge in [-0.1, -0.05) is 18.2 Å². The van der Waals surface area contributed by atoms with E-state index in [-0.39, 0.29) is 30.9 Å². The SMILES string of the molecule is Cn1nc(CCNC(=O)N2CCOC(C3CC(F)(F)C3)C2)c2ccccc21. The van der Waals surface area contributed by atoms with Gasteiger partial charge in [0.2, 0.25) is 5.92 Å². The van der Waals surface area contributed by atoms with Gasteiger partial charge in [-0.25, -0.2) is 13.6 Å². The van der Waals surface area contributed by atoms with E-state index in [1.54, 1.807) is 4.90 Å². The Kier molecular flexibility index (Phi) is 4.75. The summed E-state index contributed by atoms with van der Waals surface area (Å²) >= 11 is 0. The number of nitrogens with zero attached hydrogens (tertiary/aromatic N) is 3. The third-order valence-corrected chi connectivity index (χ3v) is 5.50. The first-order chi connectivity index (χ1) is 12.9. The zero-order valence-electron chi connectivity index (χ0n) is 15.3. The Morgan fingerprint density at radius 1 is 1.37 bits per heavy atom. The summed E-state index contributed by atoms with van der Waals surface area (Å²) in [6, 6.07) is 7.82. The molecular formula is C19H24F2N4O2. The third-order valence-electron chi connectivity index (χ3n) is 5.50. The number of carbonyl (C=O) groups is 1. The van der Waals surface area contributed by atoms with Crippen molar-refractivity contribution in [2.45, 2.75) is 31.3 Å². The number of alkyl halides is 2. The van der Waals surface area contributed by atoms with Crippen LogP contribution in [0.4, 0.5) is 13.6 Å². The Morgan fingerprint density at radius 2 is 2.15 bits per heavy atom. The van der Waals surface area contributed by atoms with Gasteiger partial charge in [0, 0.05) is 51.3 Å². The van der Waals surface area contributed by atoms with E-state index in [0.717, 1.165) is 16.6 Å². The van der Waals surface area contributed by atoms with Gasteiger partial charge in [-0.05, 0) is 12.0 Å². The number of urea groups is 1. The first kappa shape index (κ1) is 18.2. The number of para-hydroxylation sites is 1. The fraction of sp³-hybridized carbons (Fsp3) is 0.579. The number of rotatable bonds is 4. The molecule has 6 nitrogen and oxygen atoms in total. The monoisotopic (exact) mass is 378 g/mol. The predicted octanol–water partition coefficient (Wildman–Crippen LogP) is 2.57. The molecule has 1 aliphatic heterocycles. The number of halogens is 2. The normalized spacial score (nSPS) is 22.6. The number of amides is 2. The van der Waals surface area contributed by atoms with Crippen molar-refractivity contribution in [3.05, 3.63) is 30.0 Å². The van der Waals surface area contributed by atoms with Gasteiger partial charge in [0.25, 0.3) is 0 Å². The summed E-state index contributed by atoms with van der Waals surface area (Å²) in [5.74, 6) is -2.72. The zero-order valence-corrected chi connectivity index (χ0v) is 15.3. The minimum absolute atomic E-state index is 0.139. The lowest BCUT2D eigenvalue weighted by atomic mass is 9.77. The van der Waals surface area contributed by atoms with Crippen molar-refractivity contribution in [2.75, 3.05) is 26.2 Å². The number of aryl methyl sites for hydroxylation is 1. The van der Waals surface area contributed by atoms with Crippen molar-refractivity contribution in [3.8, 4) is 0 Å². The number of nitrogens with one attached hydrogen (secondary N) is 1. The number of hydrogen-bond donors (Lipinski definition) is 1. The molecule has 1 saturated carbocycles. The van der Waals surface area contributed by atoms with Crippen LogP contribution in [0.5, 0.6) is 0 Å². The van der Waals surface area contributed by atoms with Gasteiger partial charge in [-0.15, -0.1) is 0 Å². The maximum absolute atomic E-state index is 13.1. The van der Waals surface area contributed by atoms with Crippen molar-refractivity contribution in [2.24, 2.45) is 13.0 Å². The number of hydrogen-bond acceptors (Lipinski definition) is 3. The van der Waals surface area contributed by atoms with E-state index in [4.69, 9.17) is 4.74 Å². The van der Waals surface area contributed by atoms with Gasteiger partial charge in [0.15, 0.2) is 0 Å². The van der Waals surface area contributed by atoms with E-state index in [0.29, 0.717) is 32.7 Å². The number of morpholine rings is 1. The maximum atomic E-state index is 13.1. The van der Waals surface area contributed by atoms with Crippen molar-refractivity contribution < 1.29 is 18.3 Å². The molecule has 1 aromatic carbocycles. The summed E-state index contributed by atoms with van der Waals surface area (Å²) in [6.45, 7) is 1.73. The lowest BCUT2D eigenvalue weighted by molar-refractivity contribution is -0.164. The number of ether oxygens (including phenoxy) is 1. The summed E-state index contributed by atoms with van der Waals surface area (Å²) < 4.78 is 33.6. The van der Waals surface area contributed by atoms with E-state index >= 15 is 0 Å². The Labute approximate surface area is 156 Å².